The molecule has 0 bridgehead atoms. The summed E-state index contributed by atoms with van der Waals surface area (Å²) in [6.07, 6.45) is 17.2. The van der Waals surface area contributed by atoms with Crippen molar-refractivity contribution in [1.82, 2.24) is 0 Å². The molecule has 0 aromatic carbocycles. The molecule has 0 atom stereocenters. The molecule has 0 saturated carbocycles. The second-order valence-corrected chi connectivity index (χ2v) is 4.86. The predicted octanol–water partition coefficient (Wildman–Crippen LogP) is 5.03. The summed E-state index contributed by atoms with van der Waals surface area (Å²) in [6, 6.07) is 0. The second-order valence-electron chi connectivity index (χ2n) is 4.86. The van der Waals surface area contributed by atoms with Crippen LogP contribution in [-0.4, -0.2) is 12.6 Å². The van der Waals surface area contributed by atoms with E-state index >= 15 is 0 Å². The van der Waals surface area contributed by atoms with E-state index in [0.29, 0.717) is 6.61 Å². The number of esters is 1. The molecule has 2 nitrogen and oxygen atoms in total. The maximum atomic E-state index is 10.5. The molecule has 0 saturated heterocycles. The molecule has 0 aromatic heterocycles. The molecule has 0 amide bonds. The maximum Gasteiger partial charge on any atom is 0.302 e. The lowest BCUT2D eigenvalue weighted by molar-refractivity contribution is -0.141. The maximum absolute atomic E-state index is 10.5. The topological polar surface area (TPSA) is 26.3 Å². The minimum Gasteiger partial charge on any atom is -0.466 e. The number of carbonyl (C=O) groups excluding carboxylic acids is 1. The zero-order valence-corrected chi connectivity index (χ0v) is 12.2. The standard InChI is InChI=1S/C16H30O2/c1-3-4-5-6-7-8-9-10-11-12-13-14-15-18-16(2)17/h11-12H,3-10,13-15H2,1-2H3/b12-11-. The van der Waals surface area contributed by atoms with Gasteiger partial charge in [-0.2, -0.15) is 0 Å². The molecule has 0 aliphatic carbocycles. The monoisotopic (exact) mass is 254 g/mol. The normalized spacial score (nSPS) is 11.0. The van der Waals surface area contributed by atoms with E-state index in [-0.39, 0.29) is 5.97 Å². The molecule has 0 aliphatic heterocycles. The van der Waals surface area contributed by atoms with Crippen LogP contribution in [0.2, 0.25) is 0 Å². The number of unbranched alkanes of at least 4 members (excludes halogenated alkanes) is 8. The van der Waals surface area contributed by atoms with E-state index in [1.54, 1.807) is 0 Å². The minimum atomic E-state index is -0.179. The van der Waals surface area contributed by atoms with Gasteiger partial charge in [-0.25, -0.2) is 0 Å². The quantitative estimate of drug-likeness (QED) is 0.277. The van der Waals surface area contributed by atoms with Crippen molar-refractivity contribution in [3.63, 3.8) is 0 Å². The molecule has 18 heavy (non-hydrogen) atoms. The van der Waals surface area contributed by atoms with Crippen molar-refractivity contribution in [2.24, 2.45) is 0 Å². The SMILES string of the molecule is CCCCCCCCC/C=C\CCCOC(C)=O. The second kappa shape index (κ2) is 14.3. The van der Waals surface area contributed by atoms with Gasteiger partial charge in [-0.3, -0.25) is 4.79 Å². The predicted molar refractivity (Wildman–Crippen MR) is 77.6 cm³/mol. The molecule has 0 N–H and O–H groups in total. The van der Waals surface area contributed by atoms with Gasteiger partial charge in [-0.05, 0) is 25.7 Å². The van der Waals surface area contributed by atoms with Crippen molar-refractivity contribution in [1.29, 1.82) is 0 Å². The third kappa shape index (κ3) is 15.2. The van der Waals surface area contributed by atoms with E-state index < -0.39 is 0 Å². The average molecular weight is 254 g/mol. The van der Waals surface area contributed by atoms with Crippen molar-refractivity contribution in [3.05, 3.63) is 12.2 Å². The highest BCUT2D eigenvalue weighted by atomic mass is 16.5. The first-order chi connectivity index (χ1) is 8.77. The summed E-state index contributed by atoms with van der Waals surface area (Å²) in [6.45, 7) is 4.26. The van der Waals surface area contributed by atoms with Crippen LogP contribution in [0.4, 0.5) is 0 Å². The van der Waals surface area contributed by atoms with Crippen LogP contribution >= 0.6 is 0 Å². The highest BCUT2D eigenvalue weighted by molar-refractivity contribution is 5.65. The summed E-state index contributed by atoms with van der Waals surface area (Å²) in [7, 11) is 0. The summed E-state index contributed by atoms with van der Waals surface area (Å²) in [5, 5.41) is 0. The molecule has 0 aliphatic rings. The zero-order valence-electron chi connectivity index (χ0n) is 12.2. The van der Waals surface area contributed by atoms with E-state index in [4.69, 9.17) is 4.74 Å². The van der Waals surface area contributed by atoms with Crippen molar-refractivity contribution < 1.29 is 9.53 Å². The number of carbonyl (C=O) groups is 1. The summed E-state index contributed by atoms with van der Waals surface area (Å²) in [5.74, 6) is -0.179. The zero-order chi connectivity index (χ0) is 13.5. The molecule has 106 valence electrons. The van der Waals surface area contributed by atoms with E-state index in [1.807, 2.05) is 0 Å². The molecule has 0 aromatic rings. The summed E-state index contributed by atoms with van der Waals surface area (Å²) in [4.78, 5) is 10.5. The average Bonchev–Trinajstić information content (AvgIpc) is 2.34. The Morgan fingerprint density at radius 3 is 2.06 bits per heavy atom. The van der Waals surface area contributed by atoms with E-state index in [1.165, 1.54) is 58.3 Å². The van der Waals surface area contributed by atoms with Crippen LogP contribution in [0.3, 0.4) is 0 Å². The molecule has 0 fully saturated rings. The van der Waals surface area contributed by atoms with Crippen LogP contribution in [0.15, 0.2) is 12.2 Å². The van der Waals surface area contributed by atoms with Gasteiger partial charge in [0.1, 0.15) is 0 Å². The molecule has 2 heteroatoms. The van der Waals surface area contributed by atoms with E-state index in [9.17, 15) is 4.79 Å². The van der Waals surface area contributed by atoms with Crippen LogP contribution in [0.1, 0.15) is 78.1 Å². The molecule has 0 rings (SSSR count). The van der Waals surface area contributed by atoms with E-state index in [2.05, 4.69) is 19.1 Å². The van der Waals surface area contributed by atoms with Gasteiger partial charge < -0.3 is 4.74 Å². The van der Waals surface area contributed by atoms with Crippen LogP contribution < -0.4 is 0 Å². The fourth-order valence-electron chi connectivity index (χ4n) is 1.87. The van der Waals surface area contributed by atoms with Gasteiger partial charge in [0.25, 0.3) is 0 Å². The summed E-state index contributed by atoms with van der Waals surface area (Å²) in [5.41, 5.74) is 0. The van der Waals surface area contributed by atoms with Crippen molar-refractivity contribution in [2.45, 2.75) is 78.1 Å². The Morgan fingerprint density at radius 2 is 1.44 bits per heavy atom. The van der Waals surface area contributed by atoms with Crippen LogP contribution in [0, 0.1) is 0 Å². The first-order valence-electron chi connectivity index (χ1n) is 7.55. The Bertz CT molecular complexity index is 209. The highest BCUT2D eigenvalue weighted by Gasteiger charge is 1.91. The van der Waals surface area contributed by atoms with Gasteiger partial charge in [-0.1, -0.05) is 57.6 Å². The smallest absolute Gasteiger partial charge is 0.302 e. The van der Waals surface area contributed by atoms with Crippen molar-refractivity contribution in [3.8, 4) is 0 Å². The molecule has 0 heterocycles. The number of allylic oxidation sites excluding steroid dienone is 2. The van der Waals surface area contributed by atoms with E-state index in [0.717, 1.165) is 12.8 Å². The lowest BCUT2D eigenvalue weighted by Gasteiger charge is -1.99. The molecule has 0 spiro atoms. The molecular weight excluding hydrogens is 224 g/mol. The lowest BCUT2D eigenvalue weighted by Crippen LogP contribution is -1.99. The van der Waals surface area contributed by atoms with Gasteiger partial charge in [-0.15, -0.1) is 0 Å². The third-order valence-corrected chi connectivity index (χ3v) is 2.96. The van der Waals surface area contributed by atoms with Gasteiger partial charge in [0.05, 0.1) is 6.61 Å². The first kappa shape index (κ1) is 17.2. The van der Waals surface area contributed by atoms with Crippen molar-refractivity contribution >= 4 is 5.97 Å². The summed E-state index contributed by atoms with van der Waals surface area (Å²) >= 11 is 0. The first-order valence-corrected chi connectivity index (χ1v) is 7.55. The third-order valence-electron chi connectivity index (χ3n) is 2.96. The lowest BCUT2D eigenvalue weighted by atomic mass is 10.1. The number of hydrogen-bond donors (Lipinski definition) is 0. The molecule has 0 radical (unpaired) electrons. The van der Waals surface area contributed by atoms with Crippen LogP contribution in [0.5, 0.6) is 0 Å². The Morgan fingerprint density at radius 1 is 0.889 bits per heavy atom. The molecular formula is C16H30O2. The van der Waals surface area contributed by atoms with Crippen LogP contribution in [0.25, 0.3) is 0 Å². The Labute approximate surface area is 113 Å². The Balaban J connectivity index is 3.06. The van der Waals surface area contributed by atoms with Crippen molar-refractivity contribution in [2.75, 3.05) is 6.61 Å². The van der Waals surface area contributed by atoms with Crippen LogP contribution in [-0.2, 0) is 9.53 Å². The fraction of sp³-hybridized carbons (Fsp3) is 0.812. The number of rotatable bonds is 12. The van der Waals surface area contributed by atoms with Gasteiger partial charge in [0.2, 0.25) is 0 Å². The fourth-order valence-corrected chi connectivity index (χ4v) is 1.87. The van der Waals surface area contributed by atoms with Gasteiger partial charge >= 0.3 is 5.97 Å². The Hall–Kier alpha value is -0.790. The Kier molecular flexibility index (Phi) is 13.6. The van der Waals surface area contributed by atoms with Gasteiger partial charge in [0, 0.05) is 6.92 Å². The largest absolute Gasteiger partial charge is 0.466 e. The highest BCUT2D eigenvalue weighted by Crippen LogP contribution is 2.08. The number of ether oxygens (including phenoxy) is 1. The summed E-state index contributed by atoms with van der Waals surface area (Å²) < 4.78 is 4.86. The minimum absolute atomic E-state index is 0.179. The molecule has 0 unspecified atom stereocenters. The van der Waals surface area contributed by atoms with Gasteiger partial charge in [0.15, 0.2) is 0 Å². The number of hydrogen-bond acceptors (Lipinski definition) is 2.